The molecule has 0 spiro atoms. The first kappa shape index (κ1) is 43.3. The summed E-state index contributed by atoms with van der Waals surface area (Å²) in [6.45, 7) is 2.20. The molecule has 3 aromatic heterocycles. The van der Waals surface area contributed by atoms with Crippen LogP contribution in [0.4, 0.5) is 22.7 Å². The predicted octanol–water partition coefficient (Wildman–Crippen LogP) is 17.5. The number of para-hydroxylation sites is 2. The molecule has 344 valence electrons. The summed E-state index contributed by atoms with van der Waals surface area (Å²) in [6.07, 6.45) is 1.88. The van der Waals surface area contributed by atoms with Crippen LogP contribution < -0.4 is 14.5 Å². The number of ether oxygens (including phenoxy) is 1. The molecular weight excluding hydrogens is 1060 g/mol. The van der Waals surface area contributed by atoms with Gasteiger partial charge >= 0.3 is 0 Å². The molecule has 0 saturated heterocycles. The van der Waals surface area contributed by atoms with Gasteiger partial charge in [0.05, 0.1) is 0 Å². The van der Waals surface area contributed by atoms with Crippen LogP contribution in [0.15, 0.2) is 243 Å². The SMILES string of the molecule is [Pt].[c-]1c(Oc2[c-]c3c(cc2)c2cccc4c5ccccc5c5ccccc5c5cccnc5n3c42)cccc1N1[CH-]N(c2c(-c3ccccc3)cccc2-c2ccccc2)c2ccc(-c3ccccc3)cc21. The molecule has 0 atom stereocenters. The molecule has 14 rings (SSSR count). The first-order chi connectivity index (χ1) is 35.2. The number of rotatable bonds is 7. The van der Waals surface area contributed by atoms with E-state index in [9.17, 15) is 0 Å². The Morgan fingerprint density at radius 1 is 0.389 bits per heavy atom. The Morgan fingerprint density at radius 2 is 0.931 bits per heavy atom. The van der Waals surface area contributed by atoms with E-state index in [4.69, 9.17) is 9.72 Å². The Labute approximate surface area is 431 Å². The summed E-state index contributed by atoms with van der Waals surface area (Å²) in [5.74, 6) is 1.15. The molecule has 4 heterocycles. The van der Waals surface area contributed by atoms with Crippen molar-refractivity contribution in [3.8, 4) is 44.9 Å². The molecule has 0 radical (unpaired) electrons. The van der Waals surface area contributed by atoms with E-state index in [1.807, 2.05) is 30.5 Å². The van der Waals surface area contributed by atoms with E-state index in [1.165, 1.54) is 16.2 Å². The second-order valence-electron chi connectivity index (χ2n) is 17.9. The van der Waals surface area contributed by atoms with Crippen LogP contribution in [0.2, 0.25) is 0 Å². The minimum Gasteiger partial charge on any atom is -0.509 e. The zero-order chi connectivity index (χ0) is 46.8. The Balaban J connectivity index is 0.00000504. The monoisotopic (exact) mass is 1100 g/mol. The van der Waals surface area contributed by atoms with Crippen LogP contribution in [0, 0.1) is 18.8 Å². The maximum atomic E-state index is 6.86. The number of anilines is 4. The van der Waals surface area contributed by atoms with Crippen molar-refractivity contribution in [1.29, 1.82) is 0 Å². The molecule has 10 aromatic carbocycles. The minimum atomic E-state index is 0. The maximum Gasteiger partial charge on any atom is 0.143 e. The number of hydrogen-bond acceptors (Lipinski definition) is 4. The van der Waals surface area contributed by atoms with Crippen molar-refractivity contribution in [2.45, 2.75) is 0 Å². The van der Waals surface area contributed by atoms with Crippen LogP contribution in [0.3, 0.4) is 0 Å². The molecule has 5 nitrogen and oxygen atoms in total. The van der Waals surface area contributed by atoms with Crippen molar-refractivity contribution >= 4 is 82.5 Å². The average Bonchev–Trinajstić information content (AvgIpc) is 4.00. The van der Waals surface area contributed by atoms with E-state index in [-0.39, 0.29) is 21.1 Å². The van der Waals surface area contributed by atoms with Crippen LogP contribution in [0.5, 0.6) is 11.5 Å². The first-order valence-electron chi connectivity index (χ1n) is 23.9. The Morgan fingerprint density at radius 3 is 1.61 bits per heavy atom. The van der Waals surface area contributed by atoms with Gasteiger partial charge in [0.15, 0.2) is 0 Å². The first-order valence-corrected chi connectivity index (χ1v) is 23.9. The Hall–Kier alpha value is -8.76. The van der Waals surface area contributed by atoms with E-state index in [2.05, 4.69) is 245 Å². The van der Waals surface area contributed by atoms with Gasteiger partial charge in [-0.25, -0.2) is 4.98 Å². The molecule has 72 heavy (non-hydrogen) atoms. The van der Waals surface area contributed by atoms with Gasteiger partial charge in [0.1, 0.15) is 5.65 Å². The number of hydrogen-bond donors (Lipinski definition) is 0. The molecule has 6 heteroatoms. The summed E-state index contributed by atoms with van der Waals surface area (Å²) in [7, 11) is 0. The zero-order valence-electron chi connectivity index (χ0n) is 38.7. The van der Waals surface area contributed by atoms with Gasteiger partial charge < -0.3 is 18.9 Å². The quantitative estimate of drug-likeness (QED) is 0.149. The topological polar surface area (TPSA) is 33.0 Å². The van der Waals surface area contributed by atoms with Gasteiger partial charge in [-0.15, -0.1) is 48.1 Å². The molecule has 13 aromatic rings. The van der Waals surface area contributed by atoms with Crippen LogP contribution in [-0.4, -0.2) is 9.38 Å². The molecule has 1 aliphatic rings. The third-order valence-electron chi connectivity index (χ3n) is 13.9. The third kappa shape index (κ3) is 7.15. The summed E-state index contributed by atoms with van der Waals surface area (Å²) in [5, 5.41) is 9.01. The largest absolute Gasteiger partial charge is 0.509 e. The fraction of sp³-hybridized carbons (Fsp3) is 0. The van der Waals surface area contributed by atoms with Gasteiger partial charge in [-0.3, -0.25) is 0 Å². The third-order valence-corrected chi connectivity index (χ3v) is 13.9. The van der Waals surface area contributed by atoms with Crippen LogP contribution >= 0.6 is 0 Å². The van der Waals surface area contributed by atoms with Gasteiger partial charge in [-0.2, -0.15) is 12.1 Å². The average molecular weight is 1100 g/mol. The summed E-state index contributed by atoms with van der Waals surface area (Å²) < 4.78 is 9.14. The van der Waals surface area contributed by atoms with E-state index < -0.39 is 0 Å². The smallest absolute Gasteiger partial charge is 0.143 e. The molecule has 0 N–H and O–H groups in total. The van der Waals surface area contributed by atoms with Crippen LogP contribution in [0.25, 0.3) is 93.2 Å². The number of aromatic nitrogens is 2. The van der Waals surface area contributed by atoms with Crippen molar-refractivity contribution in [2.75, 3.05) is 9.80 Å². The van der Waals surface area contributed by atoms with Gasteiger partial charge in [-0.05, 0) is 73.5 Å². The molecule has 0 bridgehead atoms. The fourth-order valence-corrected chi connectivity index (χ4v) is 10.8. The number of nitrogens with zero attached hydrogens (tertiary/aromatic N) is 4. The maximum absolute atomic E-state index is 6.86. The summed E-state index contributed by atoms with van der Waals surface area (Å²) in [4.78, 5) is 9.71. The van der Waals surface area contributed by atoms with Gasteiger partial charge in [0.25, 0.3) is 0 Å². The van der Waals surface area contributed by atoms with E-state index in [0.29, 0.717) is 11.5 Å². The molecule has 0 amide bonds. The van der Waals surface area contributed by atoms with Crippen molar-refractivity contribution in [1.82, 2.24) is 9.38 Å². The molecule has 0 aliphatic carbocycles. The minimum absolute atomic E-state index is 0. The zero-order valence-corrected chi connectivity index (χ0v) is 41.0. The molecular formula is C66H41N4OPt-3. The normalized spacial score (nSPS) is 12.2. The van der Waals surface area contributed by atoms with Gasteiger partial charge in [0.2, 0.25) is 0 Å². The van der Waals surface area contributed by atoms with Crippen molar-refractivity contribution in [3.05, 3.63) is 262 Å². The number of fused-ring (bicyclic) bond motifs is 11. The molecule has 0 fully saturated rings. The second kappa shape index (κ2) is 17.9. The molecule has 0 saturated carbocycles. The van der Waals surface area contributed by atoms with E-state index >= 15 is 0 Å². The molecule has 0 unspecified atom stereocenters. The van der Waals surface area contributed by atoms with E-state index in [1.54, 1.807) is 0 Å². The Kier molecular flexibility index (Phi) is 10.7. The number of benzene rings is 10. The fourth-order valence-electron chi connectivity index (χ4n) is 10.8. The van der Waals surface area contributed by atoms with E-state index in [0.717, 1.165) is 99.7 Å². The van der Waals surface area contributed by atoms with Crippen molar-refractivity contribution in [2.24, 2.45) is 0 Å². The Bertz CT molecular complexity index is 4190. The standard InChI is InChI=1S/C66H41N4O.Pt/c1-4-18-44(19-5-1)47-35-38-61-63(40-47)68(43-69(61)64-51(45-20-6-2-7-21-45)30-15-31-52(64)46-22-8-3-9-23-46)48-24-14-25-49(41-48)71-50-36-37-57-59-33-16-32-58-55-28-12-10-26-53(55)54-27-11-13-29-56(54)60-34-17-39-67-66(60)70(65(58)59)62(57)42-50;/h1-40,43H;/q-3;. The summed E-state index contributed by atoms with van der Waals surface area (Å²) in [5.41, 5.74) is 13.6. The second-order valence-corrected chi connectivity index (χ2v) is 17.9. The van der Waals surface area contributed by atoms with Gasteiger partial charge in [0, 0.05) is 83.2 Å². The number of pyridine rings is 1. The van der Waals surface area contributed by atoms with Crippen LogP contribution in [0.1, 0.15) is 0 Å². The van der Waals surface area contributed by atoms with Crippen molar-refractivity contribution in [3.63, 3.8) is 0 Å². The summed E-state index contributed by atoms with van der Waals surface area (Å²) >= 11 is 0. The predicted molar refractivity (Wildman–Crippen MR) is 293 cm³/mol. The van der Waals surface area contributed by atoms with Crippen LogP contribution in [-0.2, 0) is 21.1 Å². The molecule has 1 aliphatic heterocycles. The summed E-state index contributed by atoms with van der Waals surface area (Å²) in [6, 6.07) is 91.1. The van der Waals surface area contributed by atoms with Gasteiger partial charge in [-0.1, -0.05) is 188 Å². The van der Waals surface area contributed by atoms with Crippen molar-refractivity contribution < 1.29 is 25.8 Å².